The van der Waals surface area contributed by atoms with Crippen LogP contribution in [-0.4, -0.2) is 23.1 Å². The number of ether oxygens (including phenoxy) is 2. The van der Waals surface area contributed by atoms with E-state index in [1.54, 1.807) is 37.3 Å². The van der Waals surface area contributed by atoms with Crippen molar-refractivity contribution in [2.75, 3.05) is 7.11 Å². The molecule has 0 N–H and O–H groups in total. The van der Waals surface area contributed by atoms with Crippen LogP contribution in [0.1, 0.15) is 24.4 Å². The monoisotopic (exact) mass is 427 g/mol. The lowest BCUT2D eigenvalue weighted by atomic mass is 10.1. The molecule has 2 heterocycles. The molecule has 7 nitrogen and oxygen atoms in total. The molecule has 29 heavy (non-hydrogen) atoms. The minimum atomic E-state index is -0.526. The summed E-state index contributed by atoms with van der Waals surface area (Å²) < 4.78 is 10.9. The third kappa shape index (κ3) is 4.62. The first-order chi connectivity index (χ1) is 13.9. The molecular formula is C20H17N3O4S2. The third-order valence-electron chi connectivity index (χ3n) is 3.77. The predicted octanol–water partition coefficient (Wildman–Crippen LogP) is 5.64. The van der Waals surface area contributed by atoms with Gasteiger partial charge in [0.2, 0.25) is 5.75 Å². The lowest BCUT2D eigenvalue weighted by Gasteiger charge is -2.14. The number of hydrogen-bond donors (Lipinski definition) is 0. The number of nitriles is 1. The molecule has 0 radical (unpaired) electrons. The maximum Gasteiger partial charge on any atom is 0.315 e. The second kappa shape index (κ2) is 8.86. The van der Waals surface area contributed by atoms with Gasteiger partial charge < -0.3 is 9.47 Å². The minimum absolute atomic E-state index is 0.0670. The van der Waals surface area contributed by atoms with Crippen molar-refractivity contribution in [2.24, 2.45) is 0 Å². The number of methoxy groups -OCH3 is 1. The van der Waals surface area contributed by atoms with E-state index in [1.165, 1.54) is 24.5 Å². The van der Waals surface area contributed by atoms with E-state index in [4.69, 9.17) is 9.47 Å². The van der Waals surface area contributed by atoms with Gasteiger partial charge in [-0.25, -0.2) is 4.98 Å². The number of thiazole rings is 1. The number of nitro groups is 1. The SMILES string of the molecule is COc1cc(/C=C(/C#N)c2nc(-c3cccs3)cs2)cc([N+](=O)[O-])c1OC(C)C. The summed E-state index contributed by atoms with van der Waals surface area (Å²) in [6.07, 6.45) is 1.30. The van der Waals surface area contributed by atoms with Crippen LogP contribution in [0.4, 0.5) is 5.69 Å². The van der Waals surface area contributed by atoms with Gasteiger partial charge in [-0.2, -0.15) is 5.26 Å². The highest BCUT2D eigenvalue weighted by atomic mass is 32.1. The Morgan fingerprint density at radius 2 is 2.17 bits per heavy atom. The lowest BCUT2D eigenvalue weighted by Crippen LogP contribution is -2.09. The summed E-state index contributed by atoms with van der Waals surface area (Å²) in [7, 11) is 1.42. The molecule has 0 spiro atoms. The first kappa shape index (κ1) is 20.5. The number of allylic oxidation sites excluding steroid dienone is 1. The molecular weight excluding hydrogens is 410 g/mol. The molecule has 148 valence electrons. The summed E-state index contributed by atoms with van der Waals surface area (Å²) in [5.41, 5.74) is 1.34. The van der Waals surface area contributed by atoms with Crippen LogP contribution < -0.4 is 9.47 Å². The van der Waals surface area contributed by atoms with Gasteiger partial charge in [-0.15, -0.1) is 22.7 Å². The van der Waals surface area contributed by atoms with Crippen molar-refractivity contribution in [3.05, 3.63) is 55.7 Å². The highest BCUT2D eigenvalue weighted by Gasteiger charge is 2.23. The van der Waals surface area contributed by atoms with E-state index < -0.39 is 4.92 Å². The van der Waals surface area contributed by atoms with Gasteiger partial charge >= 0.3 is 5.69 Å². The van der Waals surface area contributed by atoms with E-state index >= 15 is 0 Å². The molecule has 1 aromatic carbocycles. The first-order valence-electron chi connectivity index (χ1n) is 8.57. The fourth-order valence-electron chi connectivity index (χ4n) is 2.58. The smallest absolute Gasteiger partial charge is 0.315 e. The molecule has 0 bridgehead atoms. The van der Waals surface area contributed by atoms with Crippen LogP contribution in [-0.2, 0) is 0 Å². The third-order valence-corrected chi connectivity index (χ3v) is 5.54. The maximum absolute atomic E-state index is 11.6. The molecule has 0 saturated carbocycles. The summed E-state index contributed by atoms with van der Waals surface area (Å²) in [5.74, 6) is 0.298. The maximum atomic E-state index is 11.6. The average molecular weight is 428 g/mol. The molecule has 3 aromatic rings. The first-order valence-corrected chi connectivity index (χ1v) is 10.3. The van der Waals surface area contributed by atoms with Gasteiger partial charge in [-0.05, 0) is 43.0 Å². The van der Waals surface area contributed by atoms with Crippen LogP contribution in [0.5, 0.6) is 11.5 Å². The van der Waals surface area contributed by atoms with E-state index in [-0.39, 0.29) is 23.3 Å². The molecule has 3 rings (SSSR count). The zero-order valence-electron chi connectivity index (χ0n) is 15.9. The topological polar surface area (TPSA) is 98.3 Å². The van der Waals surface area contributed by atoms with Crippen LogP contribution in [0.2, 0.25) is 0 Å². The average Bonchev–Trinajstić information content (AvgIpc) is 3.37. The Morgan fingerprint density at radius 1 is 1.38 bits per heavy atom. The Hall–Kier alpha value is -3.22. The molecule has 0 amide bonds. The highest BCUT2D eigenvalue weighted by Crippen LogP contribution is 2.40. The molecule has 9 heteroatoms. The number of nitro benzene ring substituents is 1. The Bertz CT molecular complexity index is 1100. The zero-order chi connectivity index (χ0) is 21.0. The molecule has 0 fully saturated rings. The number of benzene rings is 1. The van der Waals surface area contributed by atoms with E-state index in [1.807, 2.05) is 22.9 Å². The summed E-state index contributed by atoms with van der Waals surface area (Å²) in [6.45, 7) is 3.55. The predicted molar refractivity (Wildman–Crippen MR) is 114 cm³/mol. The number of aromatic nitrogens is 1. The zero-order valence-corrected chi connectivity index (χ0v) is 17.5. The van der Waals surface area contributed by atoms with E-state index in [2.05, 4.69) is 11.1 Å². The summed E-state index contributed by atoms with van der Waals surface area (Å²) >= 11 is 2.91. The van der Waals surface area contributed by atoms with E-state index in [9.17, 15) is 15.4 Å². The fourth-order valence-corrected chi connectivity index (χ4v) is 4.12. The van der Waals surface area contributed by atoms with Crippen molar-refractivity contribution in [1.29, 1.82) is 5.26 Å². The summed E-state index contributed by atoms with van der Waals surface area (Å²) in [5, 5.41) is 25.6. The van der Waals surface area contributed by atoms with Gasteiger partial charge in [-0.1, -0.05) is 6.07 Å². The number of thiophene rings is 1. The Balaban J connectivity index is 2.04. The Labute approximate surface area is 175 Å². The van der Waals surface area contributed by atoms with Gasteiger partial charge in [0, 0.05) is 11.4 Å². The van der Waals surface area contributed by atoms with Crippen LogP contribution in [0.25, 0.3) is 22.2 Å². The molecule has 0 atom stereocenters. The van der Waals surface area contributed by atoms with Crippen molar-refractivity contribution in [2.45, 2.75) is 20.0 Å². The molecule has 2 aromatic heterocycles. The molecule has 0 aliphatic heterocycles. The second-order valence-electron chi connectivity index (χ2n) is 6.18. The molecule has 0 saturated heterocycles. The quantitative estimate of drug-likeness (QED) is 0.275. The van der Waals surface area contributed by atoms with Gasteiger partial charge in [0.15, 0.2) is 5.75 Å². The van der Waals surface area contributed by atoms with Crippen molar-refractivity contribution < 1.29 is 14.4 Å². The van der Waals surface area contributed by atoms with E-state index in [0.717, 1.165) is 10.6 Å². The lowest BCUT2D eigenvalue weighted by molar-refractivity contribution is -0.386. The number of hydrogen-bond acceptors (Lipinski definition) is 8. The van der Waals surface area contributed by atoms with Crippen LogP contribution in [0.15, 0.2) is 35.0 Å². The van der Waals surface area contributed by atoms with Gasteiger partial charge in [0.05, 0.1) is 34.3 Å². The number of nitrogens with zero attached hydrogens (tertiary/aromatic N) is 3. The van der Waals surface area contributed by atoms with Crippen LogP contribution >= 0.6 is 22.7 Å². The van der Waals surface area contributed by atoms with Crippen molar-refractivity contribution in [3.8, 4) is 28.1 Å². The normalized spacial score (nSPS) is 11.3. The Morgan fingerprint density at radius 3 is 2.76 bits per heavy atom. The van der Waals surface area contributed by atoms with Gasteiger partial charge in [-0.3, -0.25) is 10.1 Å². The van der Waals surface area contributed by atoms with Crippen LogP contribution in [0.3, 0.4) is 0 Å². The highest BCUT2D eigenvalue weighted by molar-refractivity contribution is 7.14. The largest absolute Gasteiger partial charge is 0.493 e. The van der Waals surface area contributed by atoms with Crippen molar-refractivity contribution in [3.63, 3.8) is 0 Å². The van der Waals surface area contributed by atoms with Gasteiger partial charge in [0.25, 0.3) is 0 Å². The Kier molecular flexibility index (Phi) is 6.26. The summed E-state index contributed by atoms with van der Waals surface area (Å²) in [6, 6.07) is 9.00. The van der Waals surface area contributed by atoms with Gasteiger partial charge in [0.1, 0.15) is 11.1 Å². The standard InChI is InChI=1S/C20H17N3O4S2/c1-12(2)27-19-16(23(24)25)8-13(9-17(19)26-3)7-14(10-21)20-22-15(11-29-20)18-5-4-6-28-18/h4-9,11-12H,1-3H3/b14-7-. The number of rotatable bonds is 7. The second-order valence-corrected chi connectivity index (χ2v) is 7.99. The summed E-state index contributed by atoms with van der Waals surface area (Å²) in [4.78, 5) is 16.6. The van der Waals surface area contributed by atoms with E-state index in [0.29, 0.717) is 16.1 Å². The molecule has 0 aliphatic rings. The van der Waals surface area contributed by atoms with Crippen LogP contribution in [0, 0.1) is 21.4 Å². The molecule has 0 aliphatic carbocycles. The molecule has 0 unspecified atom stereocenters. The minimum Gasteiger partial charge on any atom is -0.493 e. The fraction of sp³-hybridized carbons (Fsp3) is 0.200. The van der Waals surface area contributed by atoms with Crippen molar-refractivity contribution in [1.82, 2.24) is 4.98 Å². The van der Waals surface area contributed by atoms with Crippen molar-refractivity contribution >= 4 is 40.0 Å².